The van der Waals surface area contributed by atoms with E-state index in [9.17, 15) is 4.79 Å². The Hall–Kier alpha value is -1.86. The quantitative estimate of drug-likeness (QED) is 0.851. The van der Waals surface area contributed by atoms with E-state index in [1.807, 2.05) is 50.6 Å². The lowest BCUT2D eigenvalue weighted by Gasteiger charge is -2.32. The van der Waals surface area contributed by atoms with E-state index < -0.39 is 24.3 Å². The molecule has 1 aliphatic rings. The first-order chi connectivity index (χ1) is 11.2. The summed E-state index contributed by atoms with van der Waals surface area (Å²) in [5.74, 6) is -0.780. The molecule has 0 unspecified atom stereocenters. The number of carboxylic acid groups (broad SMARTS) is 1. The van der Waals surface area contributed by atoms with Crippen LogP contribution in [0.1, 0.15) is 40.5 Å². The van der Waals surface area contributed by atoms with Crippen molar-refractivity contribution in [2.45, 2.75) is 58.3 Å². The van der Waals surface area contributed by atoms with Gasteiger partial charge in [-0.25, -0.2) is 4.98 Å². The maximum atomic E-state index is 10.7. The predicted octanol–water partition coefficient (Wildman–Crippen LogP) is 2.20. The number of hydrogen-bond donors (Lipinski definition) is 1. The average molecular weight is 330 g/mol. The molecule has 7 heteroatoms. The van der Waals surface area contributed by atoms with Gasteiger partial charge in [0, 0.05) is 30.7 Å². The molecule has 6 nitrogen and oxygen atoms in total. The minimum atomic E-state index is -0.780. The van der Waals surface area contributed by atoms with Crippen molar-refractivity contribution >= 4 is 29.6 Å². The SMILES string of the molecule is CC1(C)OB(c2ccnc3c2ccn3CCCC(=O)O)OC1(C)C. The Kier molecular flexibility index (Phi) is 4.17. The van der Waals surface area contributed by atoms with Crippen LogP contribution in [0.25, 0.3) is 11.0 Å². The van der Waals surface area contributed by atoms with Gasteiger partial charge in [0.2, 0.25) is 0 Å². The fourth-order valence-electron chi connectivity index (χ4n) is 2.87. The number of carbonyl (C=O) groups is 1. The second-order valence-electron chi connectivity index (χ2n) is 7.23. The Balaban J connectivity index is 1.88. The molecule has 3 heterocycles. The number of aliphatic carboxylic acids is 1. The molecule has 0 saturated carbocycles. The number of aromatic nitrogens is 2. The van der Waals surface area contributed by atoms with Gasteiger partial charge >= 0.3 is 13.1 Å². The van der Waals surface area contributed by atoms with Gasteiger partial charge in [0.25, 0.3) is 0 Å². The molecule has 2 aromatic heterocycles. The maximum absolute atomic E-state index is 10.7. The number of rotatable bonds is 5. The van der Waals surface area contributed by atoms with Gasteiger partial charge in [-0.05, 0) is 51.7 Å². The van der Waals surface area contributed by atoms with Crippen molar-refractivity contribution < 1.29 is 19.2 Å². The predicted molar refractivity (Wildman–Crippen MR) is 92.3 cm³/mol. The first-order valence-corrected chi connectivity index (χ1v) is 8.22. The Labute approximate surface area is 141 Å². The highest BCUT2D eigenvalue weighted by Crippen LogP contribution is 2.36. The van der Waals surface area contributed by atoms with Crippen LogP contribution in [-0.2, 0) is 20.6 Å². The third-order valence-electron chi connectivity index (χ3n) is 4.99. The van der Waals surface area contributed by atoms with E-state index in [-0.39, 0.29) is 6.42 Å². The zero-order valence-electron chi connectivity index (χ0n) is 14.6. The van der Waals surface area contributed by atoms with Crippen molar-refractivity contribution in [2.75, 3.05) is 0 Å². The van der Waals surface area contributed by atoms with E-state index in [2.05, 4.69) is 4.98 Å². The van der Waals surface area contributed by atoms with Gasteiger partial charge in [-0.15, -0.1) is 0 Å². The van der Waals surface area contributed by atoms with Crippen LogP contribution in [-0.4, -0.2) is 38.9 Å². The molecule has 2 aromatic rings. The monoisotopic (exact) mass is 330 g/mol. The van der Waals surface area contributed by atoms with Gasteiger partial charge in [0.1, 0.15) is 5.65 Å². The van der Waals surface area contributed by atoms with E-state index in [0.717, 1.165) is 16.5 Å². The summed E-state index contributed by atoms with van der Waals surface area (Å²) in [5.41, 5.74) is 0.998. The summed E-state index contributed by atoms with van der Waals surface area (Å²) in [5, 5.41) is 9.76. The van der Waals surface area contributed by atoms with Crippen LogP contribution < -0.4 is 5.46 Å². The number of hydrogen-bond acceptors (Lipinski definition) is 4. The Morgan fingerprint density at radius 1 is 1.25 bits per heavy atom. The lowest BCUT2D eigenvalue weighted by atomic mass is 9.78. The van der Waals surface area contributed by atoms with Gasteiger partial charge in [-0.2, -0.15) is 0 Å². The maximum Gasteiger partial charge on any atom is 0.495 e. The van der Waals surface area contributed by atoms with Crippen molar-refractivity contribution in [3.05, 3.63) is 24.5 Å². The Bertz CT molecular complexity index is 753. The number of carboxylic acids is 1. The highest BCUT2D eigenvalue weighted by atomic mass is 16.7. The van der Waals surface area contributed by atoms with E-state index in [1.165, 1.54) is 0 Å². The van der Waals surface area contributed by atoms with Gasteiger partial charge in [-0.3, -0.25) is 4.79 Å². The molecule has 1 N–H and O–H groups in total. The summed E-state index contributed by atoms with van der Waals surface area (Å²) in [6, 6.07) is 3.91. The number of pyridine rings is 1. The van der Waals surface area contributed by atoms with E-state index in [4.69, 9.17) is 14.4 Å². The van der Waals surface area contributed by atoms with Gasteiger partial charge in [0.05, 0.1) is 11.2 Å². The minimum absolute atomic E-state index is 0.149. The van der Waals surface area contributed by atoms with Crippen LogP contribution in [0.5, 0.6) is 0 Å². The molecule has 0 spiro atoms. The molecule has 0 amide bonds. The molecule has 0 bridgehead atoms. The third-order valence-corrected chi connectivity index (χ3v) is 4.99. The topological polar surface area (TPSA) is 73.6 Å². The van der Waals surface area contributed by atoms with Crippen molar-refractivity contribution in [1.82, 2.24) is 9.55 Å². The van der Waals surface area contributed by atoms with Crippen LogP contribution >= 0.6 is 0 Å². The van der Waals surface area contributed by atoms with Crippen LogP contribution in [0, 0.1) is 0 Å². The Morgan fingerprint density at radius 2 is 1.92 bits per heavy atom. The van der Waals surface area contributed by atoms with Gasteiger partial charge in [0.15, 0.2) is 0 Å². The molecule has 1 fully saturated rings. The van der Waals surface area contributed by atoms with Crippen LogP contribution in [0.4, 0.5) is 0 Å². The molecule has 0 aliphatic carbocycles. The van der Waals surface area contributed by atoms with E-state index >= 15 is 0 Å². The largest absolute Gasteiger partial charge is 0.495 e. The Morgan fingerprint density at radius 3 is 2.54 bits per heavy atom. The fraction of sp³-hybridized carbons (Fsp3) is 0.529. The van der Waals surface area contributed by atoms with Crippen molar-refractivity contribution in [1.29, 1.82) is 0 Å². The second kappa shape index (κ2) is 5.90. The molecule has 0 atom stereocenters. The van der Waals surface area contributed by atoms with E-state index in [1.54, 1.807) is 6.20 Å². The lowest BCUT2D eigenvalue weighted by Crippen LogP contribution is -2.41. The van der Waals surface area contributed by atoms with Gasteiger partial charge < -0.3 is 19.0 Å². The summed E-state index contributed by atoms with van der Waals surface area (Å²) in [6.07, 6.45) is 4.41. The summed E-state index contributed by atoms with van der Waals surface area (Å²) in [4.78, 5) is 15.1. The fourth-order valence-corrected chi connectivity index (χ4v) is 2.87. The molecule has 128 valence electrons. The smallest absolute Gasteiger partial charge is 0.481 e. The van der Waals surface area contributed by atoms with Crippen molar-refractivity contribution in [3.63, 3.8) is 0 Å². The highest BCUT2D eigenvalue weighted by molar-refractivity contribution is 6.65. The summed E-state index contributed by atoms with van der Waals surface area (Å²) in [7, 11) is -0.435. The number of aryl methyl sites for hydroxylation is 1. The van der Waals surface area contributed by atoms with Crippen LogP contribution in [0.2, 0.25) is 0 Å². The third kappa shape index (κ3) is 2.94. The molecule has 1 saturated heterocycles. The number of fused-ring (bicyclic) bond motifs is 1. The molecule has 24 heavy (non-hydrogen) atoms. The minimum Gasteiger partial charge on any atom is -0.481 e. The molecule has 3 rings (SSSR count). The highest BCUT2D eigenvalue weighted by Gasteiger charge is 2.52. The van der Waals surface area contributed by atoms with Crippen LogP contribution in [0.15, 0.2) is 24.5 Å². The summed E-state index contributed by atoms with van der Waals surface area (Å²) < 4.78 is 14.3. The molecule has 0 radical (unpaired) electrons. The van der Waals surface area contributed by atoms with E-state index in [0.29, 0.717) is 13.0 Å². The summed E-state index contributed by atoms with van der Waals surface area (Å²) in [6.45, 7) is 8.74. The molecule has 0 aromatic carbocycles. The first kappa shape index (κ1) is 17.0. The normalized spacial score (nSPS) is 19.1. The lowest BCUT2D eigenvalue weighted by molar-refractivity contribution is -0.137. The van der Waals surface area contributed by atoms with Crippen LogP contribution in [0.3, 0.4) is 0 Å². The summed E-state index contributed by atoms with van der Waals surface area (Å²) >= 11 is 0. The molecular weight excluding hydrogens is 307 g/mol. The molecular formula is C17H23BN2O4. The first-order valence-electron chi connectivity index (χ1n) is 8.22. The van der Waals surface area contributed by atoms with Crippen molar-refractivity contribution in [3.8, 4) is 0 Å². The molecule has 1 aliphatic heterocycles. The zero-order valence-corrected chi connectivity index (χ0v) is 14.6. The standard InChI is InChI=1S/C17H23BN2O4/c1-16(2)17(3,4)24-18(23-16)13-7-9-19-15-12(13)8-11-20(15)10-5-6-14(21)22/h7-9,11H,5-6,10H2,1-4H3,(H,21,22). The van der Waals surface area contributed by atoms with Crippen molar-refractivity contribution in [2.24, 2.45) is 0 Å². The number of nitrogens with zero attached hydrogens (tertiary/aromatic N) is 2. The average Bonchev–Trinajstić information content (AvgIpc) is 2.97. The zero-order chi connectivity index (χ0) is 17.5. The second-order valence-corrected chi connectivity index (χ2v) is 7.23. The van der Waals surface area contributed by atoms with Gasteiger partial charge in [-0.1, -0.05) is 0 Å².